The van der Waals surface area contributed by atoms with Gasteiger partial charge in [0.15, 0.2) is 11.6 Å². The van der Waals surface area contributed by atoms with Crippen molar-refractivity contribution in [1.29, 1.82) is 0 Å². The molecule has 2 aromatic rings. The number of hydrogen-bond donors (Lipinski definition) is 2. The lowest BCUT2D eigenvalue weighted by atomic mass is 10.1. The minimum atomic E-state index is -1.18. The zero-order chi connectivity index (χ0) is 17.8. The minimum Gasteiger partial charge on any atom is -0.465 e. The highest BCUT2D eigenvalue weighted by atomic mass is 19.2. The number of rotatable bonds is 3. The molecule has 8 heteroatoms. The Balaban J connectivity index is 1.98. The van der Waals surface area contributed by atoms with Crippen LogP contribution in [0.1, 0.15) is 19.3 Å². The van der Waals surface area contributed by atoms with E-state index in [0.717, 1.165) is 30.4 Å². The third-order valence-electron chi connectivity index (χ3n) is 4.18. The van der Waals surface area contributed by atoms with Crippen LogP contribution >= 0.6 is 0 Å². The number of anilines is 1. The third kappa shape index (κ3) is 3.74. The van der Waals surface area contributed by atoms with Crippen LogP contribution in [0.2, 0.25) is 0 Å². The van der Waals surface area contributed by atoms with Crippen molar-refractivity contribution in [1.82, 2.24) is 15.3 Å². The summed E-state index contributed by atoms with van der Waals surface area (Å²) in [6.07, 6.45) is 2.72. The average molecular weight is 348 g/mol. The van der Waals surface area contributed by atoms with Gasteiger partial charge in [0.2, 0.25) is 5.95 Å². The van der Waals surface area contributed by atoms with Gasteiger partial charge in [-0.05, 0) is 37.6 Å². The summed E-state index contributed by atoms with van der Waals surface area (Å²) in [6.45, 7) is 1.33. The lowest BCUT2D eigenvalue weighted by molar-refractivity contribution is 0.198. The molecule has 0 spiro atoms. The van der Waals surface area contributed by atoms with Gasteiger partial charge in [0.25, 0.3) is 0 Å². The number of benzene rings is 1. The van der Waals surface area contributed by atoms with E-state index < -0.39 is 17.7 Å². The zero-order valence-corrected chi connectivity index (χ0v) is 13.5. The highest BCUT2D eigenvalue weighted by Gasteiger charge is 2.28. The molecule has 3 rings (SSSR count). The van der Waals surface area contributed by atoms with E-state index in [9.17, 15) is 18.7 Å². The van der Waals surface area contributed by atoms with Gasteiger partial charge in [0.05, 0.1) is 11.7 Å². The fraction of sp³-hybridized carbons (Fsp3) is 0.353. The molecule has 1 aliphatic rings. The molecule has 0 bridgehead atoms. The maximum Gasteiger partial charge on any atom is 0.414 e. The second kappa shape index (κ2) is 7.52. The van der Waals surface area contributed by atoms with E-state index in [4.69, 9.17) is 0 Å². The van der Waals surface area contributed by atoms with Crippen LogP contribution in [0, 0.1) is 11.6 Å². The Bertz CT molecular complexity index is 764. The smallest absolute Gasteiger partial charge is 0.414 e. The first-order valence-electron chi connectivity index (χ1n) is 8.08. The standard InChI is InChI=1S/C17H18F2N4O2/c18-13-6-3-5-12(15(13)19)14-7-9-21-16(22-14)23(17(24)25)11-4-1-2-8-20-10-11/h3,5-7,9,11,20H,1-2,4,8,10H2,(H,24,25). The van der Waals surface area contributed by atoms with Crippen LogP contribution in [0.4, 0.5) is 19.5 Å². The Morgan fingerprint density at radius 1 is 1.28 bits per heavy atom. The Kier molecular flexibility index (Phi) is 5.18. The van der Waals surface area contributed by atoms with Crippen molar-refractivity contribution in [3.05, 3.63) is 42.1 Å². The molecule has 25 heavy (non-hydrogen) atoms. The van der Waals surface area contributed by atoms with E-state index in [2.05, 4.69) is 15.3 Å². The number of carbonyl (C=O) groups is 1. The number of hydrogen-bond acceptors (Lipinski definition) is 4. The second-order valence-electron chi connectivity index (χ2n) is 5.85. The molecule has 1 saturated heterocycles. The Labute approximate surface area is 143 Å². The molecule has 2 heterocycles. The topological polar surface area (TPSA) is 78.3 Å². The summed E-state index contributed by atoms with van der Waals surface area (Å²) < 4.78 is 27.5. The lowest BCUT2D eigenvalue weighted by Gasteiger charge is -2.26. The van der Waals surface area contributed by atoms with Crippen molar-refractivity contribution in [2.24, 2.45) is 0 Å². The van der Waals surface area contributed by atoms with E-state index in [1.807, 2.05) is 0 Å². The summed E-state index contributed by atoms with van der Waals surface area (Å²) >= 11 is 0. The van der Waals surface area contributed by atoms with Crippen LogP contribution in [0.5, 0.6) is 0 Å². The normalized spacial score (nSPS) is 17.8. The van der Waals surface area contributed by atoms with E-state index in [1.54, 1.807) is 0 Å². The van der Waals surface area contributed by atoms with Crippen molar-refractivity contribution >= 4 is 12.0 Å². The molecule has 6 nitrogen and oxygen atoms in total. The predicted molar refractivity (Wildman–Crippen MR) is 88.4 cm³/mol. The molecule has 0 aliphatic carbocycles. The van der Waals surface area contributed by atoms with Gasteiger partial charge in [0.1, 0.15) is 0 Å². The van der Waals surface area contributed by atoms with Crippen LogP contribution < -0.4 is 10.2 Å². The van der Waals surface area contributed by atoms with Crippen LogP contribution in [-0.2, 0) is 0 Å². The van der Waals surface area contributed by atoms with Crippen molar-refractivity contribution in [2.45, 2.75) is 25.3 Å². The van der Waals surface area contributed by atoms with Crippen LogP contribution in [0.15, 0.2) is 30.5 Å². The molecule has 1 fully saturated rings. The Morgan fingerprint density at radius 2 is 2.12 bits per heavy atom. The maximum atomic E-state index is 14.0. The van der Waals surface area contributed by atoms with Crippen molar-refractivity contribution in [3.63, 3.8) is 0 Å². The van der Waals surface area contributed by atoms with Gasteiger partial charge < -0.3 is 10.4 Å². The predicted octanol–water partition coefficient (Wildman–Crippen LogP) is 3.05. The zero-order valence-electron chi connectivity index (χ0n) is 13.5. The first-order chi connectivity index (χ1) is 12.1. The van der Waals surface area contributed by atoms with Gasteiger partial charge in [-0.3, -0.25) is 0 Å². The molecule has 1 aromatic heterocycles. The molecule has 0 saturated carbocycles. The molecule has 1 unspecified atom stereocenters. The molecule has 1 atom stereocenters. The number of halogens is 2. The van der Waals surface area contributed by atoms with Gasteiger partial charge >= 0.3 is 6.09 Å². The maximum absolute atomic E-state index is 14.0. The molecule has 0 radical (unpaired) electrons. The summed E-state index contributed by atoms with van der Waals surface area (Å²) in [6, 6.07) is 4.89. The summed E-state index contributed by atoms with van der Waals surface area (Å²) in [5.74, 6) is -2.05. The Hall–Kier alpha value is -2.61. The molecule has 1 aromatic carbocycles. The molecule has 2 N–H and O–H groups in total. The van der Waals surface area contributed by atoms with Crippen molar-refractivity contribution in [3.8, 4) is 11.3 Å². The first kappa shape index (κ1) is 17.2. The van der Waals surface area contributed by atoms with Gasteiger partial charge in [-0.2, -0.15) is 0 Å². The summed E-state index contributed by atoms with van der Waals surface area (Å²) in [4.78, 5) is 21.1. The molecular weight excluding hydrogens is 330 g/mol. The van der Waals surface area contributed by atoms with E-state index in [0.29, 0.717) is 13.0 Å². The highest BCUT2D eigenvalue weighted by molar-refractivity contribution is 5.84. The van der Waals surface area contributed by atoms with Crippen LogP contribution in [0.25, 0.3) is 11.3 Å². The van der Waals surface area contributed by atoms with Gasteiger partial charge in [0, 0.05) is 18.3 Å². The fourth-order valence-electron chi connectivity index (χ4n) is 2.94. The summed E-state index contributed by atoms with van der Waals surface area (Å²) in [5, 5.41) is 12.8. The van der Waals surface area contributed by atoms with Gasteiger partial charge in [-0.15, -0.1) is 0 Å². The largest absolute Gasteiger partial charge is 0.465 e. The van der Waals surface area contributed by atoms with E-state index >= 15 is 0 Å². The first-order valence-corrected chi connectivity index (χ1v) is 8.08. The molecular formula is C17H18F2N4O2. The second-order valence-corrected chi connectivity index (χ2v) is 5.85. The molecule has 1 aliphatic heterocycles. The van der Waals surface area contributed by atoms with Crippen molar-refractivity contribution < 1.29 is 18.7 Å². The number of aromatic nitrogens is 2. The Morgan fingerprint density at radius 3 is 2.92 bits per heavy atom. The number of carboxylic acid groups (broad SMARTS) is 1. The molecule has 1 amide bonds. The SMILES string of the molecule is O=C(O)N(c1nccc(-c2cccc(F)c2F)n1)C1CCCCNC1. The quantitative estimate of drug-likeness (QED) is 0.891. The number of nitrogens with one attached hydrogen (secondary N) is 1. The third-order valence-corrected chi connectivity index (χ3v) is 4.18. The highest BCUT2D eigenvalue weighted by Crippen LogP contribution is 2.25. The van der Waals surface area contributed by atoms with E-state index in [-0.39, 0.29) is 23.2 Å². The lowest BCUT2D eigenvalue weighted by Crippen LogP contribution is -2.45. The van der Waals surface area contributed by atoms with Gasteiger partial charge in [-0.1, -0.05) is 12.5 Å². The minimum absolute atomic E-state index is 0.0343. The van der Waals surface area contributed by atoms with Crippen molar-refractivity contribution in [2.75, 3.05) is 18.0 Å². The summed E-state index contributed by atoms with van der Waals surface area (Å²) in [7, 11) is 0. The van der Waals surface area contributed by atoms with Gasteiger partial charge in [-0.25, -0.2) is 28.4 Å². The molecule has 132 valence electrons. The monoisotopic (exact) mass is 348 g/mol. The summed E-state index contributed by atoms with van der Waals surface area (Å²) in [5.41, 5.74) is 0.0998. The fourth-order valence-corrected chi connectivity index (χ4v) is 2.94. The average Bonchev–Trinajstić information content (AvgIpc) is 2.87. The van der Waals surface area contributed by atoms with E-state index in [1.165, 1.54) is 24.4 Å². The number of nitrogens with zero attached hydrogens (tertiary/aromatic N) is 3. The van der Waals surface area contributed by atoms with Crippen LogP contribution in [0.3, 0.4) is 0 Å². The van der Waals surface area contributed by atoms with Crippen LogP contribution in [-0.4, -0.2) is 40.3 Å². The number of amides is 1.